The summed E-state index contributed by atoms with van der Waals surface area (Å²) in [6.45, 7) is 0.484. The number of carbonyl (C=O) groups is 2. The van der Waals surface area contributed by atoms with Crippen LogP contribution in [0.3, 0.4) is 0 Å². The van der Waals surface area contributed by atoms with Crippen LogP contribution in [0.1, 0.15) is 42.8 Å². The van der Waals surface area contributed by atoms with Gasteiger partial charge in [0.1, 0.15) is 16.5 Å². The second-order valence-electron chi connectivity index (χ2n) is 7.81. The number of thiazole rings is 1. The van der Waals surface area contributed by atoms with Gasteiger partial charge in [0.05, 0.1) is 17.0 Å². The Bertz CT molecular complexity index is 971. The van der Waals surface area contributed by atoms with Gasteiger partial charge in [0.15, 0.2) is 0 Å². The number of pyridine rings is 1. The quantitative estimate of drug-likeness (QED) is 0.776. The molecular formula is C20H21F3N4O2S. The molecule has 2 aromatic heterocycles. The molecule has 1 aliphatic heterocycles. The molecule has 1 saturated carbocycles. The second-order valence-corrected chi connectivity index (χ2v) is 8.92. The van der Waals surface area contributed by atoms with Gasteiger partial charge in [-0.2, -0.15) is 13.2 Å². The van der Waals surface area contributed by atoms with E-state index in [1.165, 1.54) is 28.5 Å². The molecular weight excluding hydrogens is 417 g/mol. The van der Waals surface area contributed by atoms with Gasteiger partial charge in [-0.1, -0.05) is 6.42 Å². The molecule has 2 amide bonds. The predicted octanol–water partition coefficient (Wildman–Crippen LogP) is 3.21. The molecule has 2 N–H and O–H groups in total. The van der Waals surface area contributed by atoms with Crippen molar-refractivity contribution in [2.24, 2.45) is 5.73 Å². The summed E-state index contributed by atoms with van der Waals surface area (Å²) >= 11 is 1.25. The summed E-state index contributed by atoms with van der Waals surface area (Å²) in [6.07, 6.45) is 0.549. The molecule has 3 heterocycles. The van der Waals surface area contributed by atoms with E-state index in [0.29, 0.717) is 34.8 Å². The van der Waals surface area contributed by atoms with Crippen molar-refractivity contribution >= 4 is 23.2 Å². The number of hydrogen-bond acceptors (Lipinski definition) is 5. The summed E-state index contributed by atoms with van der Waals surface area (Å²) in [5.74, 6) is -0.738. The van der Waals surface area contributed by atoms with Crippen molar-refractivity contribution < 1.29 is 22.8 Å². The van der Waals surface area contributed by atoms with Gasteiger partial charge in [-0.15, -0.1) is 11.3 Å². The summed E-state index contributed by atoms with van der Waals surface area (Å²) in [5, 5.41) is 0.540. The zero-order valence-electron chi connectivity index (χ0n) is 16.1. The molecule has 1 aliphatic carbocycles. The van der Waals surface area contributed by atoms with Crippen LogP contribution in [0, 0.1) is 0 Å². The van der Waals surface area contributed by atoms with E-state index in [1.807, 2.05) is 0 Å². The van der Waals surface area contributed by atoms with Gasteiger partial charge in [0, 0.05) is 18.9 Å². The molecule has 160 valence electrons. The average molecular weight is 438 g/mol. The average Bonchev–Trinajstić information content (AvgIpc) is 3.29. The van der Waals surface area contributed by atoms with Gasteiger partial charge in [0.2, 0.25) is 11.8 Å². The third-order valence-corrected chi connectivity index (χ3v) is 7.09. The monoisotopic (exact) mass is 438 g/mol. The summed E-state index contributed by atoms with van der Waals surface area (Å²) in [6, 6.07) is 2.55. The third-order valence-electron chi connectivity index (χ3n) is 6.04. The highest BCUT2D eigenvalue weighted by molar-refractivity contribution is 7.15. The van der Waals surface area contributed by atoms with E-state index < -0.39 is 23.5 Å². The van der Waals surface area contributed by atoms with Crippen LogP contribution >= 0.6 is 11.3 Å². The first-order valence-electron chi connectivity index (χ1n) is 9.78. The van der Waals surface area contributed by atoms with Crippen LogP contribution in [0.4, 0.5) is 13.2 Å². The number of hydrogen-bond donors (Lipinski definition) is 1. The van der Waals surface area contributed by atoms with Crippen molar-refractivity contribution in [3.8, 4) is 10.4 Å². The summed E-state index contributed by atoms with van der Waals surface area (Å²) in [7, 11) is 0. The highest BCUT2D eigenvalue weighted by atomic mass is 32.1. The minimum absolute atomic E-state index is 0.0267. The number of carbonyl (C=O) groups excluding carboxylic acids is 2. The zero-order chi connectivity index (χ0) is 21.5. The second kappa shape index (κ2) is 7.64. The smallest absolute Gasteiger partial charge is 0.368 e. The third kappa shape index (κ3) is 3.57. The van der Waals surface area contributed by atoms with E-state index >= 15 is 0 Å². The normalized spacial score (nSPS) is 20.8. The number of amides is 2. The molecule has 0 aromatic carbocycles. The van der Waals surface area contributed by atoms with E-state index in [-0.39, 0.29) is 30.9 Å². The molecule has 30 heavy (non-hydrogen) atoms. The first-order valence-corrected chi connectivity index (χ1v) is 10.6. The number of aromatic nitrogens is 2. The van der Waals surface area contributed by atoms with Crippen LogP contribution < -0.4 is 5.73 Å². The molecule has 0 unspecified atom stereocenters. The largest absolute Gasteiger partial charge is 0.399 e. The fraction of sp³-hybridized carbons (Fsp3) is 0.500. The summed E-state index contributed by atoms with van der Waals surface area (Å²) < 4.78 is 40.9. The number of rotatable bonds is 5. The lowest BCUT2D eigenvalue weighted by Crippen LogP contribution is -2.48. The number of halogens is 3. The predicted molar refractivity (Wildman–Crippen MR) is 105 cm³/mol. The molecule has 1 saturated heterocycles. The van der Waals surface area contributed by atoms with Gasteiger partial charge >= 0.3 is 6.18 Å². The SMILES string of the molecule is NC(=O)[C@@H]1CCCN1C(=O)Cc1ncc(-c2ccnc(C3(C(F)(F)F)CCC3)c2)s1. The van der Waals surface area contributed by atoms with E-state index in [9.17, 15) is 22.8 Å². The molecule has 1 atom stereocenters. The molecule has 10 heteroatoms. The maximum absolute atomic E-state index is 13.6. The molecule has 6 nitrogen and oxygen atoms in total. The van der Waals surface area contributed by atoms with Crippen molar-refractivity contribution in [1.82, 2.24) is 14.9 Å². The zero-order valence-corrected chi connectivity index (χ0v) is 16.9. The number of nitrogens with zero attached hydrogens (tertiary/aromatic N) is 3. The van der Waals surface area contributed by atoms with Crippen LogP contribution in [0.25, 0.3) is 10.4 Å². The molecule has 0 bridgehead atoms. The highest BCUT2D eigenvalue weighted by Gasteiger charge is 2.60. The van der Waals surface area contributed by atoms with Crippen molar-refractivity contribution in [2.45, 2.75) is 56.2 Å². The topological polar surface area (TPSA) is 89.2 Å². The fourth-order valence-electron chi connectivity index (χ4n) is 4.18. The standard InChI is InChI=1S/C20H21F3N4O2S/c21-20(22,23)19(5-2-6-19)15-9-12(4-7-25-15)14-11-26-16(30-14)10-17(28)27-8-1-3-13(27)18(24)29/h4,7,9,11,13H,1-3,5-6,8,10H2,(H2,24,29)/t13-/m0/s1. The Hall–Kier alpha value is -2.49. The number of primary amides is 1. The van der Waals surface area contributed by atoms with E-state index in [4.69, 9.17) is 5.73 Å². The Balaban J connectivity index is 1.52. The van der Waals surface area contributed by atoms with Crippen molar-refractivity contribution in [2.75, 3.05) is 6.54 Å². The Morgan fingerprint density at radius 2 is 2.03 bits per heavy atom. The van der Waals surface area contributed by atoms with Crippen LogP contribution in [0.15, 0.2) is 24.5 Å². The van der Waals surface area contributed by atoms with Crippen molar-refractivity contribution in [3.05, 3.63) is 35.2 Å². The van der Waals surface area contributed by atoms with Gasteiger partial charge in [-0.3, -0.25) is 14.6 Å². The number of likely N-dealkylation sites (tertiary alicyclic amines) is 1. The fourth-order valence-corrected chi connectivity index (χ4v) is 5.08. The van der Waals surface area contributed by atoms with E-state index in [2.05, 4.69) is 9.97 Å². The first-order chi connectivity index (χ1) is 14.2. The maximum atomic E-state index is 13.6. The Kier molecular flexibility index (Phi) is 5.29. The maximum Gasteiger partial charge on any atom is 0.399 e. The van der Waals surface area contributed by atoms with Crippen LogP contribution in [0.2, 0.25) is 0 Å². The molecule has 0 radical (unpaired) electrons. The Morgan fingerprint density at radius 3 is 2.67 bits per heavy atom. The van der Waals surface area contributed by atoms with Crippen LogP contribution in [-0.4, -0.2) is 45.4 Å². The van der Waals surface area contributed by atoms with Crippen LogP contribution in [0.5, 0.6) is 0 Å². The summed E-state index contributed by atoms with van der Waals surface area (Å²) in [4.78, 5) is 34.5. The van der Waals surface area contributed by atoms with E-state index in [0.717, 1.165) is 6.42 Å². The van der Waals surface area contributed by atoms with Crippen molar-refractivity contribution in [3.63, 3.8) is 0 Å². The molecule has 0 spiro atoms. The van der Waals surface area contributed by atoms with Gasteiger partial charge in [0.25, 0.3) is 0 Å². The minimum Gasteiger partial charge on any atom is -0.368 e. The van der Waals surface area contributed by atoms with Crippen molar-refractivity contribution in [1.29, 1.82) is 0 Å². The van der Waals surface area contributed by atoms with Crippen LogP contribution in [-0.2, 0) is 21.4 Å². The van der Waals surface area contributed by atoms with E-state index in [1.54, 1.807) is 12.3 Å². The molecule has 4 rings (SSSR count). The molecule has 2 fully saturated rings. The first kappa shape index (κ1) is 20.8. The highest BCUT2D eigenvalue weighted by Crippen LogP contribution is 2.54. The Labute approximate surface area is 175 Å². The number of nitrogens with two attached hydrogens (primary N) is 1. The van der Waals surface area contributed by atoms with Gasteiger partial charge in [-0.05, 0) is 43.4 Å². The van der Waals surface area contributed by atoms with Gasteiger partial charge < -0.3 is 10.6 Å². The van der Waals surface area contributed by atoms with Gasteiger partial charge in [-0.25, -0.2) is 4.98 Å². The number of alkyl halides is 3. The lowest BCUT2D eigenvalue weighted by Gasteiger charge is -2.42. The molecule has 2 aliphatic rings. The Morgan fingerprint density at radius 1 is 1.27 bits per heavy atom. The summed E-state index contributed by atoms with van der Waals surface area (Å²) in [5.41, 5.74) is 4.13. The lowest BCUT2D eigenvalue weighted by atomic mass is 9.65. The molecule has 2 aromatic rings. The minimum atomic E-state index is -4.34. The lowest BCUT2D eigenvalue weighted by molar-refractivity contribution is -0.214.